The fourth-order valence-corrected chi connectivity index (χ4v) is 1.88. The quantitative estimate of drug-likeness (QED) is 0.524. The zero-order chi connectivity index (χ0) is 11.8. The molecule has 7 nitrogen and oxygen atoms in total. The van der Waals surface area contributed by atoms with Crippen molar-refractivity contribution in [3.8, 4) is 0 Å². The third-order valence-electron chi connectivity index (χ3n) is 2.75. The first-order valence-electron chi connectivity index (χ1n) is 5.15. The van der Waals surface area contributed by atoms with Crippen molar-refractivity contribution in [2.24, 2.45) is 0 Å². The molecule has 18 heavy (non-hydrogen) atoms. The Balaban J connectivity index is 0.00000120. The molecule has 1 aromatic rings. The number of carbonyl (C=O) groups excluding carboxylic acids is 1. The smallest absolute Gasteiger partial charge is 0.367 e. The summed E-state index contributed by atoms with van der Waals surface area (Å²) < 4.78 is 0. The van der Waals surface area contributed by atoms with Crippen molar-refractivity contribution in [3.05, 3.63) is 35.9 Å². The SMILES string of the molecule is CC1=CC=CN2C(=O)C(c3nn[nH]n3)=CNC12.[K+]. The number of nitrogens with one attached hydrogen (secondary N) is 2. The first kappa shape index (κ1) is 13.6. The van der Waals surface area contributed by atoms with Gasteiger partial charge in [0.05, 0.1) is 0 Å². The van der Waals surface area contributed by atoms with E-state index in [0.717, 1.165) is 5.57 Å². The molecular weight excluding hydrogens is 259 g/mol. The molecule has 0 aromatic carbocycles. The van der Waals surface area contributed by atoms with Gasteiger partial charge in [-0.15, -0.1) is 10.2 Å². The van der Waals surface area contributed by atoms with Crippen LogP contribution in [-0.2, 0) is 4.79 Å². The van der Waals surface area contributed by atoms with E-state index >= 15 is 0 Å². The van der Waals surface area contributed by atoms with Crippen molar-refractivity contribution in [2.75, 3.05) is 0 Å². The van der Waals surface area contributed by atoms with Crippen LogP contribution >= 0.6 is 0 Å². The minimum absolute atomic E-state index is 0. The van der Waals surface area contributed by atoms with E-state index in [4.69, 9.17) is 0 Å². The average Bonchev–Trinajstić information content (AvgIpc) is 2.84. The number of rotatable bonds is 1. The van der Waals surface area contributed by atoms with E-state index in [9.17, 15) is 4.79 Å². The van der Waals surface area contributed by atoms with Crippen LogP contribution in [0.2, 0.25) is 0 Å². The maximum Gasteiger partial charge on any atom is 1.00 e. The Morgan fingerprint density at radius 1 is 1.44 bits per heavy atom. The van der Waals surface area contributed by atoms with Crippen molar-refractivity contribution in [1.82, 2.24) is 30.8 Å². The van der Waals surface area contributed by atoms with Crippen LogP contribution in [0, 0.1) is 0 Å². The molecule has 3 heterocycles. The number of tetrazole rings is 1. The molecule has 86 valence electrons. The molecule has 0 saturated heterocycles. The van der Waals surface area contributed by atoms with Gasteiger partial charge in [-0.25, -0.2) is 0 Å². The molecule has 1 amide bonds. The summed E-state index contributed by atoms with van der Waals surface area (Å²) in [5.41, 5.74) is 1.47. The van der Waals surface area contributed by atoms with E-state index in [1.807, 2.05) is 19.1 Å². The molecule has 8 heteroatoms. The first-order valence-corrected chi connectivity index (χ1v) is 5.15. The van der Waals surface area contributed by atoms with Crippen LogP contribution in [-0.4, -0.2) is 37.6 Å². The number of aromatic amines is 1. The molecule has 0 saturated carbocycles. The molecule has 1 atom stereocenters. The van der Waals surface area contributed by atoms with Crippen LogP contribution in [0.3, 0.4) is 0 Å². The standard InChI is InChI=1S/C10H10N6O.K/c1-6-3-2-4-16-9(6)11-5-7(10(16)17)8-12-14-15-13-8;/h2-5,9,11H,1H3,(H,12,13,14,15);/q;+1. The average molecular weight is 269 g/mol. The predicted octanol–water partition coefficient (Wildman–Crippen LogP) is -3.22. The van der Waals surface area contributed by atoms with Gasteiger partial charge in [-0.3, -0.25) is 9.69 Å². The molecule has 3 rings (SSSR count). The largest absolute Gasteiger partial charge is 1.00 e. The number of nitrogens with zero attached hydrogens (tertiary/aromatic N) is 4. The Labute approximate surface area is 146 Å². The molecule has 0 bridgehead atoms. The van der Waals surface area contributed by atoms with Crippen molar-refractivity contribution < 1.29 is 56.2 Å². The van der Waals surface area contributed by atoms with Gasteiger partial charge in [-0.1, -0.05) is 6.08 Å². The summed E-state index contributed by atoms with van der Waals surface area (Å²) in [6, 6.07) is 0. The molecule has 0 radical (unpaired) electrons. The first-order chi connectivity index (χ1) is 8.27. The second kappa shape index (κ2) is 5.45. The van der Waals surface area contributed by atoms with Crippen LogP contribution in [0.4, 0.5) is 0 Å². The summed E-state index contributed by atoms with van der Waals surface area (Å²) in [4.78, 5) is 13.8. The number of fused-ring (bicyclic) bond motifs is 1. The van der Waals surface area contributed by atoms with E-state index in [0.29, 0.717) is 11.4 Å². The van der Waals surface area contributed by atoms with Gasteiger partial charge in [-0.05, 0) is 23.8 Å². The molecular formula is C10H10KN6O+. The van der Waals surface area contributed by atoms with Crippen LogP contribution in [0.1, 0.15) is 12.7 Å². The summed E-state index contributed by atoms with van der Waals surface area (Å²) in [6.07, 6.45) is 7.05. The molecule has 2 aliphatic rings. The Bertz CT molecular complexity index is 547. The van der Waals surface area contributed by atoms with Crippen LogP contribution < -0.4 is 56.7 Å². The second-order valence-corrected chi connectivity index (χ2v) is 3.83. The maximum absolute atomic E-state index is 12.2. The monoisotopic (exact) mass is 269 g/mol. The summed E-state index contributed by atoms with van der Waals surface area (Å²) in [5.74, 6) is 0.153. The van der Waals surface area contributed by atoms with Gasteiger partial charge in [0.2, 0.25) is 5.82 Å². The zero-order valence-electron chi connectivity index (χ0n) is 10.1. The summed E-state index contributed by atoms with van der Waals surface area (Å²) in [6.45, 7) is 1.97. The molecule has 2 aliphatic heterocycles. The van der Waals surface area contributed by atoms with Gasteiger partial charge in [0.1, 0.15) is 11.7 Å². The number of hydrogen-bond donors (Lipinski definition) is 2. The summed E-state index contributed by atoms with van der Waals surface area (Å²) in [5, 5.41) is 16.5. The van der Waals surface area contributed by atoms with Crippen molar-refractivity contribution in [1.29, 1.82) is 0 Å². The minimum atomic E-state index is -0.140. The third kappa shape index (κ3) is 2.21. The van der Waals surface area contributed by atoms with Gasteiger partial charge in [-0.2, -0.15) is 5.21 Å². The normalized spacial score (nSPS) is 21.5. The van der Waals surface area contributed by atoms with Gasteiger partial charge >= 0.3 is 51.4 Å². The van der Waals surface area contributed by atoms with Crippen molar-refractivity contribution in [2.45, 2.75) is 13.1 Å². The Morgan fingerprint density at radius 3 is 3.00 bits per heavy atom. The Hall–Kier alpha value is -0.804. The van der Waals surface area contributed by atoms with E-state index < -0.39 is 0 Å². The van der Waals surface area contributed by atoms with Gasteiger partial charge in [0.25, 0.3) is 5.91 Å². The molecule has 0 aliphatic carbocycles. The van der Waals surface area contributed by atoms with E-state index in [1.54, 1.807) is 17.3 Å². The number of H-pyrrole nitrogens is 1. The van der Waals surface area contributed by atoms with E-state index in [1.165, 1.54) is 0 Å². The Kier molecular flexibility index (Phi) is 4.13. The molecule has 0 spiro atoms. The van der Waals surface area contributed by atoms with E-state index in [-0.39, 0.29) is 63.5 Å². The fourth-order valence-electron chi connectivity index (χ4n) is 1.88. The number of amides is 1. The van der Waals surface area contributed by atoms with Gasteiger partial charge < -0.3 is 5.32 Å². The number of carbonyl (C=O) groups is 1. The number of aromatic nitrogens is 4. The maximum atomic E-state index is 12.2. The van der Waals surface area contributed by atoms with Crippen LogP contribution in [0.5, 0.6) is 0 Å². The molecule has 0 fully saturated rings. The predicted molar refractivity (Wildman–Crippen MR) is 58.8 cm³/mol. The number of allylic oxidation sites excluding steroid dienone is 2. The molecule has 2 N–H and O–H groups in total. The van der Waals surface area contributed by atoms with Crippen molar-refractivity contribution >= 4 is 11.5 Å². The summed E-state index contributed by atoms with van der Waals surface area (Å²) in [7, 11) is 0. The third-order valence-corrected chi connectivity index (χ3v) is 2.75. The Morgan fingerprint density at radius 2 is 2.28 bits per heavy atom. The van der Waals surface area contributed by atoms with Crippen molar-refractivity contribution in [3.63, 3.8) is 0 Å². The minimum Gasteiger partial charge on any atom is -0.367 e. The van der Waals surface area contributed by atoms with E-state index in [2.05, 4.69) is 25.9 Å². The fraction of sp³-hybridized carbons (Fsp3) is 0.200. The van der Waals surface area contributed by atoms with Gasteiger partial charge in [0.15, 0.2) is 0 Å². The molecule has 1 aromatic heterocycles. The molecule has 1 unspecified atom stereocenters. The second-order valence-electron chi connectivity index (χ2n) is 3.83. The zero-order valence-corrected chi connectivity index (χ0v) is 13.2. The number of hydrogen-bond acceptors (Lipinski definition) is 5. The van der Waals surface area contributed by atoms with Crippen LogP contribution in [0.25, 0.3) is 5.57 Å². The van der Waals surface area contributed by atoms with Gasteiger partial charge in [0, 0.05) is 12.4 Å². The summed E-state index contributed by atoms with van der Waals surface area (Å²) >= 11 is 0. The topological polar surface area (TPSA) is 86.8 Å². The van der Waals surface area contributed by atoms with Crippen LogP contribution in [0.15, 0.2) is 30.1 Å².